The molecule has 0 heterocycles. The van der Waals surface area contributed by atoms with Gasteiger partial charge in [-0.05, 0) is 62.2 Å². The predicted molar refractivity (Wildman–Crippen MR) is 84.8 cm³/mol. The van der Waals surface area contributed by atoms with E-state index in [0.717, 1.165) is 19.3 Å². The van der Waals surface area contributed by atoms with E-state index in [2.05, 4.69) is 19.9 Å². The number of aliphatic hydroxyl groups is 3. The summed E-state index contributed by atoms with van der Waals surface area (Å²) in [6.45, 7) is 6.07. The normalized spacial score (nSPS) is 41.0. The Hall–Kier alpha value is -0.380. The van der Waals surface area contributed by atoms with E-state index in [1.165, 1.54) is 12.8 Å². The Morgan fingerprint density at radius 1 is 1.33 bits per heavy atom. The second-order valence-electron chi connectivity index (χ2n) is 7.90. The average molecular weight is 296 g/mol. The first-order valence-electron chi connectivity index (χ1n) is 8.48. The number of hydrogen-bond donors (Lipinski definition) is 3. The van der Waals surface area contributed by atoms with Gasteiger partial charge in [-0.25, -0.2) is 0 Å². The van der Waals surface area contributed by atoms with Crippen molar-refractivity contribution in [1.82, 2.24) is 0 Å². The Morgan fingerprint density at radius 3 is 2.71 bits per heavy atom. The van der Waals surface area contributed by atoms with E-state index in [0.29, 0.717) is 24.2 Å². The largest absolute Gasteiger partial charge is 0.393 e. The van der Waals surface area contributed by atoms with E-state index in [9.17, 15) is 10.2 Å². The van der Waals surface area contributed by atoms with Crippen LogP contribution in [-0.2, 0) is 0 Å². The van der Waals surface area contributed by atoms with Crippen LogP contribution in [-0.4, -0.2) is 33.6 Å². The molecule has 3 nitrogen and oxygen atoms in total. The molecule has 0 saturated heterocycles. The van der Waals surface area contributed by atoms with E-state index < -0.39 is 5.60 Å². The molecular weight excluding hydrogens is 264 g/mol. The standard InChI is InChI=1S/C18H32O3/c1-13(6-4-10-17(2,21)12-19)14-8-9-15-16(20)7-5-11-18(14,15)3/h4,6,13-16,19-21H,5,7-12H2,1-3H3/b6-4+/t13?,14-,15+,16+,17-,18-/m1/s1. The zero-order valence-corrected chi connectivity index (χ0v) is 13.8. The van der Waals surface area contributed by atoms with Crippen LogP contribution in [0.1, 0.15) is 59.3 Å². The molecule has 2 rings (SSSR count). The van der Waals surface area contributed by atoms with Crippen LogP contribution >= 0.6 is 0 Å². The predicted octanol–water partition coefficient (Wildman–Crippen LogP) is 2.89. The maximum Gasteiger partial charge on any atom is 0.0883 e. The van der Waals surface area contributed by atoms with Gasteiger partial charge in [0.25, 0.3) is 0 Å². The van der Waals surface area contributed by atoms with Gasteiger partial charge in [-0.2, -0.15) is 0 Å². The molecule has 2 aliphatic carbocycles. The molecule has 1 unspecified atom stereocenters. The number of hydrogen-bond acceptors (Lipinski definition) is 3. The van der Waals surface area contributed by atoms with Crippen molar-refractivity contribution in [2.75, 3.05) is 6.61 Å². The van der Waals surface area contributed by atoms with Crippen LogP contribution in [0.3, 0.4) is 0 Å². The summed E-state index contributed by atoms with van der Waals surface area (Å²) in [5, 5.41) is 29.2. The maximum absolute atomic E-state index is 10.3. The third-order valence-corrected chi connectivity index (χ3v) is 6.14. The minimum absolute atomic E-state index is 0.111. The van der Waals surface area contributed by atoms with Gasteiger partial charge in [-0.3, -0.25) is 0 Å². The number of allylic oxidation sites excluding steroid dienone is 1. The molecule has 0 aromatic rings. The molecule has 0 bridgehead atoms. The first-order valence-corrected chi connectivity index (χ1v) is 8.48. The van der Waals surface area contributed by atoms with Gasteiger partial charge in [0.05, 0.1) is 18.3 Å². The molecule has 2 fully saturated rings. The lowest BCUT2D eigenvalue weighted by Gasteiger charge is -2.44. The van der Waals surface area contributed by atoms with E-state index in [-0.39, 0.29) is 18.1 Å². The average Bonchev–Trinajstić information content (AvgIpc) is 2.77. The van der Waals surface area contributed by atoms with E-state index >= 15 is 0 Å². The topological polar surface area (TPSA) is 60.7 Å². The number of fused-ring (bicyclic) bond motifs is 1. The van der Waals surface area contributed by atoms with E-state index in [1.807, 2.05) is 6.08 Å². The Bertz CT molecular complexity index is 377. The number of aliphatic hydroxyl groups excluding tert-OH is 2. The molecule has 6 atom stereocenters. The van der Waals surface area contributed by atoms with Crippen LogP contribution in [0.25, 0.3) is 0 Å². The molecule has 2 saturated carbocycles. The van der Waals surface area contributed by atoms with Crippen LogP contribution < -0.4 is 0 Å². The quantitative estimate of drug-likeness (QED) is 0.684. The lowest BCUT2D eigenvalue weighted by Crippen LogP contribution is -2.41. The lowest BCUT2D eigenvalue weighted by atomic mass is 9.62. The maximum atomic E-state index is 10.3. The first-order chi connectivity index (χ1) is 9.80. The van der Waals surface area contributed by atoms with Crippen LogP contribution in [0.15, 0.2) is 12.2 Å². The molecule has 122 valence electrons. The van der Waals surface area contributed by atoms with Gasteiger partial charge < -0.3 is 15.3 Å². The first kappa shape index (κ1) is 17.0. The summed E-state index contributed by atoms with van der Waals surface area (Å²) in [4.78, 5) is 0. The number of rotatable bonds is 5. The minimum atomic E-state index is -1.01. The zero-order valence-electron chi connectivity index (χ0n) is 13.8. The molecular formula is C18H32O3. The Kier molecular flexibility index (Phi) is 5.17. The van der Waals surface area contributed by atoms with Gasteiger partial charge in [0.2, 0.25) is 0 Å². The van der Waals surface area contributed by atoms with E-state index in [4.69, 9.17) is 5.11 Å². The highest BCUT2D eigenvalue weighted by Gasteiger charge is 2.51. The summed E-state index contributed by atoms with van der Waals surface area (Å²) in [7, 11) is 0. The van der Waals surface area contributed by atoms with Crippen molar-refractivity contribution in [2.24, 2.45) is 23.2 Å². The van der Waals surface area contributed by atoms with Crippen molar-refractivity contribution in [3.8, 4) is 0 Å². The lowest BCUT2D eigenvalue weighted by molar-refractivity contribution is -0.0232. The van der Waals surface area contributed by atoms with Crippen molar-refractivity contribution in [2.45, 2.75) is 71.0 Å². The van der Waals surface area contributed by atoms with Gasteiger partial charge in [-0.15, -0.1) is 0 Å². The smallest absolute Gasteiger partial charge is 0.0883 e. The molecule has 0 aromatic carbocycles. The Morgan fingerprint density at radius 2 is 2.05 bits per heavy atom. The summed E-state index contributed by atoms with van der Waals surface area (Å²) in [5.74, 6) is 1.54. The monoisotopic (exact) mass is 296 g/mol. The highest BCUT2D eigenvalue weighted by Crippen LogP contribution is 2.57. The van der Waals surface area contributed by atoms with Gasteiger partial charge in [-0.1, -0.05) is 32.4 Å². The second kappa shape index (κ2) is 6.39. The Labute approximate surface area is 129 Å². The summed E-state index contributed by atoms with van der Waals surface area (Å²) >= 11 is 0. The summed E-state index contributed by atoms with van der Waals surface area (Å²) in [5.41, 5.74) is -0.750. The molecule has 0 spiro atoms. The van der Waals surface area contributed by atoms with Crippen LogP contribution in [0.4, 0.5) is 0 Å². The third kappa shape index (κ3) is 3.52. The van der Waals surface area contributed by atoms with Crippen molar-refractivity contribution < 1.29 is 15.3 Å². The molecule has 2 aliphatic rings. The van der Waals surface area contributed by atoms with Crippen molar-refractivity contribution >= 4 is 0 Å². The molecule has 0 amide bonds. The van der Waals surface area contributed by atoms with Crippen LogP contribution in [0.5, 0.6) is 0 Å². The molecule has 0 aromatic heterocycles. The second-order valence-corrected chi connectivity index (χ2v) is 7.90. The summed E-state index contributed by atoms with van der Waals surface area (Å²) < 4.78 is 0. The fraction of sp³-hybridized carbons (Fsp3) is 0.889. The van der Waals surface area contributed by atoms with Crippen molar-refractivity contribution in [3.63, 3.8) is 0 Å². The van der Waals surface area contributed by atoms with Crippen LogP contribution in [0.2, 0.25) is 0 Å². The van der Waals surface area contributed by atoms with Crippen molar-refractivity contribution in [3.05, 3.63) is 12.2 Å². The molecule has 3 N–H and O–H groups in total. The Balaban J connectivity index is 2.00. The van der Waals surface area contributed by atoms with Crippen molar-refractivity contribution in [1.29, 1.82) is 0 Å². The zero-order chi connectivity index (χ0) is 15.7. The van der Waals surface area contributed by atoms with E-state index in [1.54, 1.807) is 6.92 Å². The molecule has 21 heavy (non-hydrogen) atoms. The van der Waals surface area contributed by atoms with Gasteiger partial charge in [0, 0.05) is 0 Å². The molecule has 0 aliphatic heterocycles. The summed E-state index contributed by atoms with van der Waals surface area (Å²) in [6.07, 6.45) is 10.3. The summed E-state index contributed by atoms with van der Waals surface area (Å²) in [6, 6.07) is 0. The van der Waals surface area contributed by atoms with Crippen LogP contribution in [0, 0.1) is 23.2 Å². The van der Waals surface area contributed by atoms with Gasteiger partial charge in [0.1, 0.15) is 0 Å². The fourth-order valence-corrected chi connectivity index (χ4v) is 4.79. The molecule has 0 radical (unpaired) electrons. The highest BCUT2D eigenvalue weighted by atomic mass is 16.3. The fourth-order valence-electron chi connectivity index (χ4n) is 4.79. The molecule has 3 heteroatoms. The SMILES string of the molecule is CC(/C=C/C[C@@](C)(O)CO)[C@H]1CC[C@H]2[C@@H](O)CCC[C@]12C. The highest BCUT2D eigenvalue weighted by molar-refractivity contribution is 5.05. The minimum Gasteiger partial charge on any atom is -0.393 e. The van der Waals surface area contributed by atoms with Gasteiger partial charge in [0.15, 0.2) is 0 Å². The third-order valence-electron chi connectivity index (χ3n) is 6.14. The van der Waals surface area contributed by atoms with Gasteiger partial charge >= 0.3 is 0 Å².